The normalized spacial score (nSPS) is 9.64. The van der Waals surface area contributed by atoms with Crippen molar-refractivity contribution in [1.29, 1.82) is 0 Å². The predicted octanol–water partition coefficient (Wildman–Crippen LogP) is 4.75. The third-order valence-corrected chi connectivity index (χ3v) is 3.02. The van der Waals surface area contributed by atoms with Crippen molar-refractivity contribution in [2.24, 2.45) is 0 Å². The van der Waals surface area contributed by atoms with Crippen LogP contribution in [0.25, 0.3) is 12.2 Å². The quantitative estimate of drug-likeness (QED) is 0.273. The number of rotatable bonds is 3. The molecule has 0 atom stereocenters. The number of aryl methyl sites for hydroxylation is 1. The number of nitrogens with zero attached hydrogens (tertiary/aromatic N) is 2. The maximum absolute atomic E-state index is 10.6. The Bertz CT molecular complexity index is 806. The van der Waals surface area contributed by atoms with Crippen molar-refractivity contribution in [1.82, 2.24) is 4.98 Å². The van der Waals surface area contributed by atoms with Crippen molar-refractivity contribution in [3.8, 4) is 0 Å². The summed E-state index contributed by atoms with van der Waals surface area (Å²) in [6.45, 7) is 1.94. The Morgan fingerprint density at radius 3 is 2.32 bits per heavy atom. The average molecular weight is 405 g/mol. The van der Waals surface area contributed by atoms with Crippen molar-refractivity contribution < 1.29 is 37.6 Å². The first kappa shape index (κ1) is 20.9. The third kappa shape index (κ3) is 7.97. The molecule has 3 aromatic rings. The van der Waals surface area contributed by atoms with Crippen LogP contribution in [0.4, 0.5) is 5.69 Å². The second-order valence-electron chi connectivity index (χ2n) is 4.92. The van der Waals surface area contributed by atoms with Gasteiger partial charge in [-0.15, -0.1) is 11.6 Å². The van der Waals surface area contributed by atoms with Crippen LogP contribution in [0.2, 0.25) is 0 Å². The van der Waals surface area contributed by atoms with Gasteiger partial charge in [0.2, 0.25) is 0 Å². The molecule has 25 heavy (non-hydrogen) atoms. The number of nitro benzene ring substituents is 1. The van der Waals surface area contributed by atoms with Gasteiger partial charge in [-0.2, -0.15) is 48.5 Å². The molecular weight excluding hydrogens is 389 g/mol. The molecule has 0 aliphatic rings. The molecule has 0 fully saturated rings. The van der Waals surface area contributed by atoms with E-state index in [1.807, 2.05) is 55.5 Å². The first-order chi connectivity index (χ1) is 11.6. The molecule has 123 valence electrons. The molecule has 4 nitrogen and oxygen atoms in total. The fraction of sp³-hybridized carbons (Fsp3) is 0.0500. The molecule has 1 radical (unpaired) electrons. The molecule has 0 saturated carbocycles. The van der Waals surface area contributed by atoms with E-state index in [1.165, 1.54) is 6.07 Å². The van der Waals surface area contributed by atoms with Gasteiger partial charge in [0.05, 0.1) is 4.92 Å². The standard InChI is InChI=1S/C14H10NO2.C6H6N.Y/c16-15(17)14-8-4-7-13(11-14)10-9-12-5-2-1-3-6-12;1-6-4-2-3-5-7-6;/h1-2,4-11H;3-5H,1H3;/q2*-1;/b10-9+;;. The second kappa shape index (κ2) is 11.4. The predicted molar refractivity (Wildman–Crippen MR) is 95.1 cm³/mol. The molecule has 0 aliphatic carbocycles. The minimum atomic E-state index is -0.395. The number of hydrogen-bond donors (Lipinski definition) is 0. The Morgan fingerprint density at radius 1 is 1.04 bits per heavy atom. The molecule has 0 amide bonds. The number of aromatic nitrogens is 1. The molecule has 2 aromatic carbocycles. The molecule has 5 heteroatoms. The van der Waals surface area contributed by atoms with Gasteiger partial charge in [-0.25, -0.2) is 0 Å². The minimum Gasteiger partial charge on any atom is -0.388 e. The number of non-ortho nitro benzene ring substituents is 1. The van der Waals surface area contributed by atoms with Crippen LogP contribution in [0.1, 0.15) is 16.8 Å². The van der Waals surface area contributed by atoms with E-state index >= 15 is 0 Å². The molecule has 0 spiro atoms. The van der Waals surface area contributed by atoms with Crippen molar-refractivity contribution in [2.45, 2.75) is 6.92 Å². The monoisotopic (exact) mass is 405 g/mol. The summed E-state index contributed by atoms with van der Waals surface area (Å²) in [5, 5.41) is 10.6. The van der Waals surface area contributed by atoms with Crippen LogP contribution >= 0.6 is 0 Å². The number of hydrogen-bond acceptors (Lipinski definition) is 3. The molecular formula is C20H16N2O2Y-2. The van der Waals surface area contributed by atoms with Crippen molar-refractivity contribution >= 4 is 17.8 Å². The summed E-state index contributed by atoms with van der Waals surface area (Å²) >= 11 is 0. The van der Waals surface area contributed by atoms with Gasteiger partial charge in [0, 0.05) is 44.8 Å². The van der Waals surface area contributed by atoms with E-state index in [0.29, 0.717) is 0 Å². The van der Waals surface area contributed by atoms with E-state index in [0.717, 1.165) is 16.8 Å². The Morgan fingerprint density at radius 2 is 1.76 bits per heavy atom. The summed E-state index contributed by atoms with van der Waals surface area (Å²) in [7, 11) is 0. The summed E-state index contributed by atoms with van der Waals surface area (Å²) in [4.78, 5) is 14.2. The fourth-order valence-corrected chi connectivity index (χ4v) is 1.85. The average Bonchev–Trinajstić information content (AvgIpc) is 2.62. The van der Waals surface area contributed by atoms with Gasteiger partial charge in [0.15, 0.2) is 0 Å². The third-order valence-electron chi connectivity index (χ3n) is 3.02. The summed E-state index contributed by atoms with van der Waals surface area (Å²) in [5.74, 6) is 0. The van der Waals surface area contributed by atoms with Gasteiger partial charge in [-0.1, -0.05) is 37.0 Å². The van der Waals surface area contributed by atoms with E-state index in [9.17, 15) is 10.1 Å². The van der Waals surface area contributed by atoms with Gasteiger partial charge in [-0.3, -0.25) is 10.1 Å². The minimum absolute atomic E-state index is 0. The second-order valence-corrected chi connectivity index (χ2v) is 4.92. The van der Waals surface area contributed by atoms with E-state index in [1.54, 1.807) is 24.4 Å². The van der Waals surface area contributed by atoms with Crippen LogP contribution in [-0.2, 0) is 32.7 Å². The fourth-order valence-electron chi connectivity index (χ4n) is 1.85. The van der Waals surface area contributed by atoms with Crippen molar-refractivity contribution in [3.63, 3.8) is 0 Å². The van der Waals surface area contributed by atoms with Crippen LogP contribution in [0.3, 0.4) is 0 Å². The molecule has 0 N–H and O–H groups in total. The summed E-state index contributed by atoms with van der Waals surface area (Å²) in [6.07, 6.45) is 5.47. The van der Waals surface area contributed by atoms with E-state index in [2.05, 4.69) is 17.1 Å². The molecule has 1 aromatic heterocycles. The van der Waals surface area contributed by atoms with Crippen LogP contribution in [-0.4, -0.2) is 9.91 Å². The van der Waals surface area contributed by atoms with Gasteiger partial charge >= 0.3 is 0 Å². The van der Waals surface area contributed by atoms with E-state index in [4.69, 9.17) is 0 Å². The number of pyridine rings is 1. The Labute approximate surface area is 172 Å². The Hall–Kier alpha value is -2.17. The zero-order chi connectivity index (χ0) is 17.2. The molecule has 0 aliphatic heterocycles. The SMILES string of the molecule is Cc1c[c-]ccn1.O=[N+]([O-])c1cccc(/C=C/c2c[c-]ccc2)c1.[Y]. The maximum Gasteiger partial charge on any atom is 0.270 e. The molecule has 0 unspecified atom stereocenters. The number of benzene rings is 2. The molecule has 3 rings (SSSR count). The van der Waals surface area contributed by atoms with Gasteiger partial charge in [0.25, 0.3) is 5.69 Å². The maximum atomic E-state index is 10.6. The van der Waals surface area contributed by atoms with Gasteiger partial charge in [-0.05, 0) is 5.56 Å². The first-order valence-electron chi connectivity index (χ1n) is 7.32. The van der Waals surface area contributed by atoms with E-state index in [-0.39, 0.29) is 38.4 Å². The molecule has 0 saturated heterocycles. The van der Waals surface area contributed by atoms with E-state index < -0.39 is 4.92 Å². The van der Waals surface area contributed by atoms with Crippen molar-refractivity contribution in [3.05, 3.63) is 106 Å². The summed E-state index contributed by atoms with van der Waals surface area (Å²) < 4.78 is 0. The van der Waals surface area contributed by atoms with Gasteiger partial charge < -0.3 is 4.98 Å². The molecule has 0 bridgehead atoms. The first-order valence-corrected chi connectivity index (χ1v) is 7.32. The summed E-state index contributed by atoms with van der Waals surface area (Å²) in [5.41, 5.74) is 2.94. The zero-order valence-corrected chi connectivity index (χ0v) is 16.6. The molecule has 1 heterocycles. The van der Waals surface area contributed by atoms with Crippen LogP contribution in [0.5, 0.6) is 0 Å². The Balaban J connectivity index is 0.000000330. The van der Waals surface area contributed by atoms with Crippen LogP contribution in [0, 0.1) is 29.2 Å². The van der Waals surface area contributed by atoms with Gasteiger partial charge in [0.1, 0.15) is 0 Å². The van der Waals surface area contributed by atoms with Crippen LogP contribution in [0.15, 0.2) is 66.9 Å². The largest absolute Gasteiger partial charge is 0.388 e. The summed E-state index contributed by atoms with van der Waals surface area (Å²) in [6, 6.07) is 23.6. The Kier molecular flexibility index (Phi) is 9.52. The smallest absolute Gasteiger partial charge is 0.270 e. The zero-order valence-electron chi connectivity index (χ0n) is 13.8. The topological polar surface area (TPSA) is 56.0 Å². The van der Waals surface area contributed by atoms with Crippen LogP contribution < -0.4 is 0 Å². The van der Waals surface area contributed by atoms with Crippen molar-refractivity contribution in [2.75, 3.05) is 0 Å². The number of nitro groups is 1.